The summed E-state index contributed by atoms with van der Waals surface area (Å²) in [6.45, 7) is 7.24. The number of carbonyl (C=O) groups excluding carboxylic acids is 2. The number of carbonyl (C=O) groups is 2. The first-order chi connectivity index (χ1) is 16.4. The molecule has 0 saturated heterocycles. The first kappa shape index (κ1) is 28.9. The number of nitrogens with one attached hydrogen (secondary N) is 1. The van der Waals surface area contributed by atoms with E-state index in [4.69, 9.17) is 23.2 Å². The summed E-state index contributed by atoms with van der Waals surface area (Å²) in [4.78, 5) is 28.3. The van der Waals surface area contributed by atoms with Crippen LogP contribution in [-0.2, 0) is 26.2 Å². The molecular formula is C25H33Cl2N3O4S. The molecule has 2 amide bonds. The lowest BCUT2D eigenvalue weighted by Gasteiger charge is -2.33. The molecule has 0 aliphatic rings. The van der Waals surface area contributed by atoms with Crippen LogP contribution >= 0.6 is 23.2 Å². The molecule has 2 atom stereocenters. The SMILES string of the molecule is CC[C@@H](C)NC(=O)[C@H](CC)N(Cc1ccccc1C)C(=O)CN(c1ccc(Cl)cc1Cl)S(C)(=O)=O. The molecule has 1 N–H and O–H groups in total. The number of hydrogen-bond acceptors (Lipinski definition) is 4. The van der Waals surface area contributed by atoms with Gasteiger partial charge in [-0.25, -0.2) is 8.42 Å². The van der Waals surface area contributed by atoms with Crippen molar-refractivity contribution in [3.63, 3.8) is 0 Å². The van der Waals surface area contributed by atoms with Crippen LogP contribution in [0.1, 0.15) is 44.7 Å². The van der Waals surface area contributed by atoms with Crippen molar-refractivity contribution in [1.82, 2.24) is 10.2 Å². The van der Waals surface area contributed by atoms with Gasteiger partial charge in [-0.15, -0.1) is 0 Å². The van der Waals surface area contributed by atoms with E-state index in [1.807, 2.05) is 52.0 Å². The van der Waals surface area contributed by atoms with Crippen LogP contribution in [0, 0.1) is 6.92 Å². The molecular weight excluding hydrogens is 509 g/mol. The molecule has 0 spiro atoms. The monoisotopic (exact) mass is 541 g/mol. The number of rotatable bonds is 11. The average Bonchev–Trinajstić information content (AvgIpc) is 2.78. The highest BCUT2D eigenvalue weighted by Crippen LogP contribution is 2.30. The van der Waals surface area contributed by atoms with Gasteiger partial charge in [-0.3, -0.25) is 13.9 Å². The van der Waals surface area contributed by atoms with Crippen molar-refractivity contribution in [2.24, 2.45) is 0 Å². The number of sulfonamides is 1. The maximum atomic E-state index is 13.7. The third-order valence-corrected chi connectivity index (χ3v) is 7.51. The van der Waals surface area contributed by atoms with Crippen LogP contribution in [0.2, 0.25) is 10.0 Å². The Bertz CT molecular complexity index is 1160. The highest BCUT2D eigenvalue weighted by Gasteiger charge is 2.32. The summed E-state index contributed by atoms with van der Waals surface area (Å²) in [6.07, 6.45) is 2.11. The van der Waals surface area contributed by atoms with Crippen molar-refractivity contribution in [1.29, 1.82) is 0 Å². The lowest BCUT2D eigenvalue weighted by atomic mass is 10.1. The second-order valence-electron chi connectivity index (χ2n) is 8.56. The van der Waals surface area contributed by atoms with E-state index in [9.17, 15) is 18.0 Å². The second kappa shape index (κ2) is 12.6. The Morgan fingerprint density at radius 2 is 1.71 bits per heavy atom. The molecule has 0 aliphatic carbocycles. The van der Waals surface area contributed by atoms with Gasteiger partial charge in [0.15, 0.2) is 0 Å². The third kappa shape index (κ3) is 7.85. The van der Waals surface area contributed by atoms with Gasteiger partial charge in [0.25, 0.3) is 0 Å². The Balaban J connectivity index is 2.49. The van der Waals surface area contributed by atoms with Crippen molar-refractivity contribution >= 4 is 50.7 Å². The number of hydrogen-bond donors (Lipinski definition) is 1. The zero-order valence-corrected chi connectivity index (χ0v) is 23.0. The first-order valence-corrected chi connectivity index (χ1v) is 14.1. The molecule has 0 unspecified atom stereocenters. The molecule has 192 valence electrons. The lowest BCUT2D eigenvalue weighted by molar-refractivity contribution is -0.140. The van der Waals surface area contributed by atoms with Crippen molar-refractivity contribution in [3.05, 3.63) is 63.6 Å². The van der Waals surface area contributed by atoms with E-state index in [2.05, 4.69) is 5.32 Å². The maximum absolute atomic E-state index is 13.7. The fourth-order valence-electron chi connectivity index (χ4n) is 3.61. The van der Waals surface area contributed by atoms with E-state index in [1.165, 1.54) is 23.1 Å². The highest BCUT2D eigenvalue weighted by atomic mass is 35.5. The minimum absolute atomic E-state index is 0.0626. The molecule has 0 radical (unpaired) electrons. The van der Waals surface area contributed by atoms with E-state index in [0.717, 1.165) is 28.1 Å². The molecule has 35 heavy (non-hydrogen) atoms. The maximum Gasteiger partial charge on any atom is 0.244 e. The van der Waals surface area contributed by atoms with E-state index in [0.29, 0.717) is 11.4 Å². The second-order valence-corrected chi connectivity index (χ2v) is 11.3. The summed E-state index contributed by atoms with van der Waals surface area (Å²) in [5.74, 6) is -0.796. The largest absolute Gasteiger partial charge is 0.352 e. The van der Waals surface area contributed by atoms with Crippen molar-refractivity contribution < 1.29 is 18.0 Å². The predicted molar refractivity (Wildman–Crippen MR) is 142 cm³/mol. The molecule has 2 aromatic rings. The zero-order valence-electron chi connectivity index (χ0n) is 20.7. The minimum Gasteiger partial charge on any atom is -0.352 e. The van der Waals surface area contributed by atoms with Gasteiger partial charge >= 0.3 is 0 Å². The first-order valence-electron chi connectivity index (χ1n) is 11.5. The number of anilines is 1. The third-order valence-electron chi connectivity index (χ3n) is 5.85. The van der Waals surface area contributed by atoms with Crippen LogP contribution in [0.15, 0.2) is 42.5 Å². The number of nitrogens with zero attached hydrogens (tertiary/aromatic N) is 2. The Kier molecular flexibility index (Phi) is 10.4. The topological polar surface area (TPSA) is 86.8 Å². The summed E-state index contributed by atoms with van der Waals surface area (Å²) >= 11 is 12.3. The van der Waals surface area contributed by atoms with Crippen LogP contribution in [0.4, 0.5) is 5.69 Å². The van der Waals surface area contributed by atoms with Gasteiger partial charge < -0.3 is 10.2 Å². The summed E-state index contributed by atoms with van der Waals surface area (Å²) in [5, 5.41) is 3.39. The predicted octanol–water partition coefficient (Wildman–Crippen LogP) is 4.79. The van der Waals surface area contributed by atoms with Gasteiger partial charge in [0.2, 0.25) is 21.8 Å². The van der Waals surface area contributed by atoms with Gasteiger partial charge in [-0.05, 0) is 56.0 Å². The summed E-state index contributed by atoms with van der Waals surface area (Å²) in [6, 6.07) is 11.1. The van der Waals surface area contributed by atoms with Crippen LogP contribution in [0.25, 0.3) is 0 Å². The molecule has 10 heteroatoms. The van der Waals surface area contributed by atoms with E-state index >= 15 is 0 Å². The quantitative estimate of drug-likeness (QED) is 0.443. The fraction of sp³-hybridized carbons (Fsp3) is 0.440. The van der Waals surface area contributed by atoms with Gasteiger partial charge in [-0.2, -0.15) is 0 Å². The Morgan fingerprint density at radius 1 is 1.06 bits per heavy atom. The molecule has 0 heterocycles. The summed E-state index contributed by atoms with van der Waals surface area (Å²) in [7, 11) is -3.88. The molecule has 0 fully saturated rings. The van der Waals surface area contributed by atoms with Gasteiger partial charge in [0.1, 0.15) is 12.6 Å². The van der Waals surface area contributed by atoms with Crippen LogP contribution in [0.3, 0.4) is 0 Å². The van der Waals surface area contributed by atoms with Crippen LogP contribution < -0.4 is 9.62 Å². The summed E-state index contributed by atoms with van der Waals surface area (Å²) in [5.41, 5.74) is 1.97. The highest BCUT2D eigenvalue weighted by molar-refractivity contribution is 7.92. The van der Waals surface area contributed by atoms with E-state index in [-0.39, 0.29) is 29.2 Å². The van der Waals surface area contributed by atoms with Crippen LogP contribution in [0.5, 0.6) is 0 Å². The standard InChI is InChI=1S/C25H33Cl2N3O4S/c1-6-18(4)28-25(32)22(7-2)29(15-19-11-9-8-10-17(19)3)24(31)16-30(35(5,33)34)23-13-12-20(26)14-21(23)27/h8-14,18,22H,6-7,15-16H2,1-5H3,(H,28,32)/t18-,22+/m1/s1. The number of benzene rings is 2. The Labute approximate surface area is 218 Å². The average molecular weight is 543 g/mol. The molecule has 0 aromatic heterocycles. The Morgan fingerprint density at radius 3 is 2.26 bits per heavy atom. The lowest BCUT2D eigenvalue weighted by Crippen LogP contribution is -2.53. The van der Waals surface area contributed by atoms with Crippen molar-refractivity contribution in [2.75, 3.05) is 17.1 Å². The van der Waals surface area contributed by atoms with E-state index in [1.54, 1.807) is 0 Å². The van der Waals surface area contributed by atoms with Gasteiger partial charge in [-0.1, -0.05) is 61.3 Å². The van der Waals surface area contributed by atoms with E-state index < -0.39 is 28.5 Å². The van der Waals surface area contributed by atoms with Crippen molar-refractivity contribution in [3.8, 4) is 0 Å². The van der Waals surface area contributed by atoms with Crippen LogP contribution in [-0.4, -0.2) is 50.0 Å². The molecule has 0 bridgehead atoms. The zero-order chi connectivity index (χ0) is 26.3. The number of aryl methyl sites for hydroxylation is 1. The van der Waals surface area contributed by atoms with Gasteiger partial charge in [0, 0.05) is 17.6 Å². The van der Waals surface area contributed by atoms with Gasteiger partial charge in [0.05, 0.1) is 17.0 Å². The molecule has 2 aromatic carbocycles. The number of halogens is 2. The molecule has 0 saturated carbocycles. The molecule has 2 rings (SSSR count). The van der Waals surface area contributed by atoms with Crippen molar-refractivity contribution in [2.45, 2.75) is 59.2 Å². The number of amides is 2. The Hall–Kier alpha value is -2.29. The molecule has 7 nitrogen and oxygen atoms in total. The normalized spacial score (nSPS) is 13.1. The smallest absolute Gasteiger partial charge is 0.244 e. The summed E-state index contributed by atoms with van der Waals surface area (Å²) < 4.78 is 26.3. The minimum atomic E-state index is -3.88. The fourth-order valence-corrected chi connectivity index (χ4v) is 5.03. The molecule has 0 aliphatic heterocycles.